The van der Waals surface area contributed by atoms with Crippen LogP contribution in [0.4, 0.5) is 4.39 Å². The fourth-order valence-corrected chi connectivity index (χ4v) is 2.97. The molecular weight excluding hydrogens is 267 g/mol. The molecule has 1 atom stereocenters. The lowest BCUT2D eigenvalue weighted by atomic mass is 10.0. The van der Waals surface area contributed by atoms with Gasteiger partial charge >= 0.3 is 0 Å². The molecule has 1 saturated carbocycles. The first-order valence-electron chi connectivity index (χ1n) is 6.06. The van der Waals surface area contributed by atoms with E-state index in [4.69, 9.17) is 0 Å². The predicted molar refractivity (Wildman–Crippen MR) is 69.5 cm³/mol. The van der Waals surface area contributed by atoms with Crippen molar-refractivity contribution in [3.8, 4) is 0 Å². The van der Waals surface area contributed by atoms with E-state index in [1.165, 1.54) is 31.2 Å². The Bertz CT molecular complexity index is 358. The van der Waals surface area contributed by atoms with Crippen LogP contribution in [0, 0.1) is 18.7 Å². The van der Waals surface area contributed by atoms with Crippen molar-refractivity contribution >= 4 is 15.9 Å². The van der Waals surface area contributed by atoms with Crippen LogP contribution in [0.15, 0.2) is 18.2 Å². The molecule has 16 heavy (non-hydrogen) atoms. The minimum atomic E-state index is -0.127. The molecule has 0 aliphatic heterocycles. The lowest BCUT2D eigenvalue weighted by Gasteiger charge is -2.09. The van der Waals surface area contributed by atoms with Crippen LogP contribution in [-0.4, -0.2) is 4.83 Å². The summed E-state index contributed by atoms with van der Waals surface area (Å²) in [5.41, 5.74) is 2.37. The Balaban J connectivity index is 1.80. The molecule has 2 heteroatoms. The molecule has 0 radical (unpaired) electrons. The van der Waals surface area contributed by atoms with Crippen LogP contribution in [0.2, 0.25) is 0 Å². The van der Waals surface area contributed by atoms with Gasteiger partial charge in [-0.3, -0.25) is 0 Å². The van der Waals surface area contributed by atoms with Crippen molar-refractivity contribution in [2.75, 3.05) is 0 Å². The molecule has 0 N–H and O–H groups in total. The molecule has 0 nitrogen and oxygen atoms in total. The molecule has 0 saturated heterocycles. The number of alkyl halides is 1. The average molecular weight is 285 g/mol. The SMILES string of the molecule is Cc1cc(F)ccc1CCCC(Br)C1CC1. The van der Waals surface area contributed by atoms with E-state index in [1.807, 2.05) is 13.0 Å². The highest BCUT2D eigenvalue weighted by molar-refractivity contribution is 9.09. The molecule has 1 aromatic carbocycles. The van der Waals surface area contributed by atoms with Crippen LogP contribution in [0.5, 0.6) is 0 Å². The average Bonchev–Trinajstić information content (AvgIpc) is 3.04. The zero-order valence-electron chi connectivity index (χ0n) is 9.68. The van der Waals surface area contributed by atoms with E-state index in [1.54, 1.807) is 12.1 Å². The lowest BCUT2D eigenvalue weighted by Crippen LogP contribution is -2.01. The normalized spacial score (nSPS) is 17.4. The van der Waals surface area contributed by atoms with Crippen molar-refractivity contribution in [1.82, 2.24) is 0 Å². The van der Waals surface area contributed by atoms with Gasteiger partial charge in [-0.1, -0.05) is 22.0 Å². The van der Waals surface area contributed by atoms with Crippen molar-refractivity contribution in [3.05, 3.63) is 35.1 Å². The summed E-state index contributed by atoms with van der Waals surface area (Å²) in [5.74, 6) is 0.798. The monoisotopic (exact) mass is 284 g/mol. The Morgan fingerprint density at radius 3 is 2.81 bits per heavy atom. The molecule has 1 aliphatic carbocycles. The summed E-state index contributed by atoms with van der Waals surface area (Å²) in [6.45, 7) is 1.99. The number of aryl methyl sites for hydroxylation is 2. The smallest absolute Gasteiger partial charge is 0.123 e. The number of benzene rings is 1. The third-order valence-electron chi connectivity index (χ3n) is 3.36. The first kappa shape index (κ1) is 12.1. The van der Waals surface area contributed by atoms with Gasteiger partial charge < -0.3 is 0 Å². The molecule has 0 spiro atoms. The lowest BCUT2D eigenvalue weighted by molar-refractivity contribution is 0.622. The van der Waals surface area contributed by atoms with Crippen molar-refractivity contribution in [3.63, 3.8) is 0 Å². The fraction of sp³-hybridized carbons (Fsp3) is 0.571. The highest BCUT2D eigenvalue weighted by Crippen LogP contribution is 2.38. The minimum absolute atomic E-state index is 0.127. The highest BCUT2D eigenvalue weighted by Gasteiger charge is 2.28. The number of halogens is 2. The summed E-state index contributed by atoms with van der Waals surface area (Å²) >= 11 is 3.75. The Hall–Kier alpha value is -0.370. The van der Waals surface area contributed by atoms with Gasteiger partial charge in [0.25, 0.3) is 0 Å². The Morgan fingerprint density at radius 2 is 2.19 bits per heavy atom. The first-order chi connectivity index (χ1) is 7.66. The van der Waals surface area contributed by atoms with Gasteiger partial charge in [0.15, 0.2) is 0 Å². The Labute approximate surface area is 105 Å². The topological polar surface area (TPSA) is 0 Å². The molecule has 0 heterocycles. The fourth-order valence-electron chi connectivity index (χ4n) is 2.12. The predicted octanol–water partition coefficient (Wildman–Crippen LogP) is 4.63. The van der Waals surface area contributed by atoms with Gasteiger partial charge in [0.1, 0.15) is 5.82 Å². The highest BCUT2D eigenvalue weighted by atomic mass is 79.9. The van der Waals surface area contributed by atoms with Crippen LogP contribution in [0.1, 0.15) is 36.8 Å². The van der Waals surface area contributed by atoms with E-state index in [9.17, 15) is 4.39 Å². The van der Waals surface area contributed by atoms with Gasteiger partial charge in [-0.05, 0) is 68.2 Å². The van der Waals surface area contributed by atoms with E-state index in [-0.39, 0.29) is 5.82 Å². The zero-order valence-corrected chi connectivity index (χ0v) is 11.3. The van der Waals surface area contributed by atoms with Crippen molar-refractivity contribution in [2.45, 2.75) is 43.9 Å². The second-order valence-electron chi connectivity index (χ2n) is 4.82. The maximum atomic E-state index is 12.9. The minimum Gasteiger partial charge on any atom is -0.207 e. The van der Waals surface area contributed by atoms with E-state index >= 15 is 0 Å². The van der Waals surface area contributed by atoms with Crippen molar-refractivity contribution in [2.24, 2.45) is 5.92 Å². The molecule has 0 bridgehead atoms. The van der Waals surface area contributed by atoms with E-state index < -0.39 is 0 Å². The van der Waals surface area contributed by atoms with E-state index in [2.05, 4.69) is 15.9 Å². The molecule has 1 aromatic rings. The number of rotatable bonds is 5. The summed E-state index contributed by atoms with van der Waals surface area (Å²) < 4.78 is 12.9. The summed E-state index contributed by atoms with van der Waals surface area (Å²) in [6, 6.07) is 5.11. The molecule has 0 amide bonds. The summed E-state index contributed by atoms with van der Waals surface area (Å²) in [6.07, 6.45) is 6.29. The van der Waals surface area contributed by atoms with Gasteiger partial charge in [-0.25, -0.2) is 4.39 Å². The molecule has 88 valence electrons. The Morgan fingerprint density at radius 1 is 1.44 bits per heavy atom. The van der Waals surface area contributed by atoms with Crippen LogP contribution >= 0.6 is 15.9 Å². The third-order valence-corrected chi connectivity index (χ3v) is 4.57. The Kier molecular flexibility index (Phi) is 4.01. The maximum absolute atomic E-state index is 12.9. The zero-order chi connectivity index (χ0) is 11.5. The molecule has 1 aliphatic rings. The van der Waals surface area contributed by atoms with Gasteiger partial charge in [0, 0.05) is 4.83 Å². The molecular formula is C14H18BrF. The van der Waals surface area contributed by atoms with Gasteiger partial charge in [-0.15, -0.1) is 0 Å². The van der Waals surface area contributed by atoms with Gasteiger partial charge in [0.2, 0.25) is 0 Å². The van der Waals surface area contributed by atoms with Crippen LogP contribution < -0.4 is 0 Å². The van der Waals surface area contributed by atoms with E-state index in [0.717, 1.165) is 17.9 Å². The standard InChI is InChI=1S/C14H18BrF/c1-10-9-13(16)8-7-11(10)3-2-4-14(15)12-5-6-12/h7-9,12,14H,2-6H2,1H3. The molecule has 1 unspecified atom stereocenters. The summed E-state index contributed by atoms with van der Waals surface area (Å²) in [4.78, 5) is 0.702. The van der Waals surface area contributed by atoms with Crippen molar-refractivity contribution < 1.29 is 4.39 Å². The number of hydrogen-bond donors (Lipinski definition) is 0. The van der Waals surface area contributed by atoms with Gasteiger partial charge in [-0.2, -0.15) is 0 Å². The van der Waals surface area contributed by atoms with Crippen LogP contribution in [0.25, 0.3) is 0 Å². The largest absolute Gasteiger partial charge is 0.207 e. The molecule has 2 rings (SSSR count). The summed E-state index contributed by atoms with van der Waals surface area (Å²) in [7, 11) is 0. The van der Waals surface area contributed by atoms with Gasteiger partial charge in [0.05, 0.1) is 0 Å². The second kappa shape index (κ2) is 5.31. The second-order valence-corrected chi connectivity index (χ2v) is 5.99. The maximum Gasteiger partial charge on any atom is 0.123 e. The van der Waals surface area contributed by atoms with Crippen LogP contribution in [0.3, 0.4) is 0 Å². The number of hydrogen-bond acceptors (Lipinski definition) is 0. The summed E-state index contributed by atoms with van der Waals surface area (Å²) in [5, 5.41) is 0. The van der Waals surface area contributed by atoms with Crippen LogP contribution in [-0.2, 0) is 6.42 Å². The van der Waals surface area contributed by atoms with E-state index in [0.29, 0.717) is 4.83 Å². The van der Waals surface area contributed by atoms with Crippen molar-refractivity contribution in [1.29, 1.82) is 0 Å². The first-order valence-corrected chi connectivity index (χ1v) is 6.97. The third kappa shape index (κ3) is 3.31. The quantitative estimate of drug-likeness (QED) is 0.692. The molecule has 1 fully saturated rings. The molecule has 0 aromatic heterocycles.